The van der Waals surface area contributed by atoms with E-state index in [1.54, 1.807) is 6.33 Å². The van der Waals surface area contributed by atoms with Crippen molar-refractivity contribution in [1.82, 2.24) is 24.6 Å². The van der Waals surface area contributed by atoms with Crippen molar-refractivity contribution in [3.8, 4) is 0 Å². The van der Waals surface area contributed by atoms with Gasteiger partial charge in [0.15, 0.2) is 5.82 Å². The van der Waals surface area contributed by atoms with Crippen molar-refractivity contribution < 1.29 is 9.53 Å². The highest BCUT2D eigenvalue weighted by molar-refractivity contribution is 5.78. The minimum atomic E-state index is -0.103. The van der Waals surface area contributed by atoms with Crippen LogP contribution in [-0.2, 0) is 16.1 Å². The molecule has 24 heavy (non-hydrogen) atoms. The van der Waals surface area contributed by atoms with E-state index in [1.165, 1.54) is 19.3 Å². The van der Waals surface area contributed by atoms with E-state index in [0.717, 1.165) is 31.8 Å². The molecule has 1 aliphatic carbocycles. The summed E-state index contributed by atoms with van der Waals surface area (Å²) in [5.74, 6) is 1.08. The molecule has 0 radical (unpaired) electrons. The molecule has 1 aromatic heterocycles. The van der Waals surface area contributed by atoms with E-state index in [0.29, 0.717) is 25.7 Å². The number of ether oxygens (including phenoxy) is 1. The number of hydrogen-bond acceptors (Lipinski definition) is 5. The molecule has 2 fully saturated rings. The van der Waals surface area contributed by atoms with E-state index in [9.17, 15) is 4.79 Å². The zero-order valence-corrected chi connectivity index (χ0v) is 14.9. The van der Waals surface area contributed by atoms with Crippen LogP contribution in [-0.4, -0.2) is 69.8 Å². The second kappa shape index (κ2) is 8.07. The van der Waals surface area contributed by atoms with Gasteiger partial charge < -0.3 is 14.2 Å². The first-order valence-corrected chi connectivity index (χ1v) is 9.16. The lowest BCUT2D eigenvalue weighted by molar-refractivity contribution is -0.136. The van der Waals surface area contributed by atoms with Crippen LogP contribution in [0.25, 0.3) is 0 Å². The number of carbonyl (C=O) groups excluding carboxylic acids is 1. The zero-order chi connectivity index (χ0) is 16.9. The maximum atomic E-state index is 12.6. The van der Waals surface area contributed by atoms with Crippen molar-refractivity contribution in [3.63, 3.8) is 0 Å². The molecule has 7 nitrogen and oxygen atoms in total. The van der Waals surface area contributed by atoms with Crippen LogP contribution in [0.5, 0.6) is 0 Å². The summed E-state index contributed by atoms with van der Waals surface area (Å²) in [6, 6.07) is 0.422. The van der Waals surface area contributed by atoms with Crippen LogP contribution in [0, 0.1) is 0 Å². The van der Waals surface area contributed by atoms with Gasteiger partial charge in [0.05, 0.1) is 13.2 Å². The van der Waals surface area contributed by atoms with E-state index in [-0.39, 0.29) is 12.0 Å². The van der Waals surface area contributed by atoms with Gasteiger partial charge in [-0.1, -0.05) is 19.3 Å². The number of amides is 1. The smallest absolute Gasteiger partial charge is 0.236 e. The van der Waals surface area contributed by atoms with Gasteiger partial charge in [-0.3, -0.25) is 9.69 Å². The molecule has 0 bridgehead atoms. The number of aryl methyl sites for hydroxylation is 1. The average molecular weight is 335 g/mol. The Bertz CT molecular complexity index is 541. The topological polar surface area (TPSA) is 63.5 Å². The first kappa shape index (κ1) is 17.4. The predicted octanol–water partition coefficient (Wildman–Crippen LogP) is 1.46. The van der Waals surface area contributed by atoms with Gasteiger partial charge in [0.2, 0.25) is 5.91 Å². The van der Waals surface area contributed by atoms with Crippen molar-refractivity contribution >= 4 is 5.91 Å². The summed E-state index contributed by atoms with van der Waals surface area (Å²) in [5.41, 5.74) is 0. The van der Waals surface area contributed by atoms with Crippen LogP contribution < -0.4 is 0 Å². The Morgan fingerprint density at radius 1 is 1.38 bits per heavy atom. The molecule has 1 aromatic rings. The summed E-state index contributed by atoms with van der Waals surface area (Å²) in [7, 11) is 1.96. The van der Waals surface area contributed by atoms with Crippen molar-refractivity contribution in [2.24, 2.45) is 0 Å². The molecule has 3 rings (SSSR count). The first-order chi connectivity index (χ1) is 11.7. The number of aromatic nitrogens is 3. The second-order valence-electron chi connectivity index (χ2n) is 6.87. The third-order valence-corrected chi connectivity index (χ3v) is 5.30. The molecule has 0 spiro atoms. The van der Waals surface area contributed by atoms with E-state index in [4.69, 9.17) is 4.74 Å². The van der Waals surface area contributed by atoms with E-state index in [1.807, 2.05) is 16.5 Å². The summed E-state index contributed by atoms with van der Waals surface area (Å²) >= 11 is 0. The van der Waals surface area contributed by atoms with E-state index < -0.39 is 0 Å². The highest BCUT2D eigenvalue weighted by Crippen LogP contribution is 2.23. The van der Waals surface area contributed by atoms with Crippen LogP contribution in [0.3, 0.4) is 0 Å². The molecular formula is C17H29N5O2. The van der Waals surface area contributed by atoms with Crippen LogP contribution >= 0.6 is 0 Å². The molecule has 1 atom stereocenters. The first-order valence-electron chi connectivity index (χ1n) is 9.16. The Hall–Kier alpha value is -1.47. The number of likely N-dealkylation sites (N-methyl/N-ethyl adjacent to an activating group) is 1. The van der Waals surface area contributed by atoms with Gasteiger partial charge in [-0.2, -0.15) is 0 Å². The standard InChI is InChI=1S/C17H29N5O2/c1-3-22-13-18-19-17(22)15-11-21(9-10-24-15)12-16(23)20(2)14-7-5-4-6-8-14/h13-15H,3-12H2,1-2H3/t15-/m0/s1. The van der Waals surface area contributed by atoms with E-state index in [2.05, 4.69) is 22.0 Å². The van der Waals surface area contributed by atoms with Crippen LogP contribution in [0.4, 0.5) is 0 Å². The summed E-state index contributed by atoms with van der Waals surface area (Å²) in [6.45, 7) is 5.47. The minimum Gasteiger partial charge on any atom is -0.368 e. The summed E-state index contributed by atoms with van der Waals surface area (Å²) in [4.78, 5) is 16.8. The molecule has 7 heteroatoms. The van der Waals surface area contributed by atoms with Crippen LogP contribution in [0.15, 0.2) is 6.33 Å². The minimum absolute atomic E-state index is 0.103. The van der Waals surface area contributed by atoms with Gasteiger partial charge in [0, 0.05) is 32.7 Å². The number of carbonyl (C=O) groups is 1. The summed E-state index contributed by atoms with van der Waals surface area (Å²) in [5, 5.41) is 8.18. The predicted molar refractivity (Wildman–Crippen MR) is 90.5 cm³/mol. The molecule has 2 heterocycles. The summed E-state index contributed by atoms with van der Waals surface area (Å²) in [6.07, 6.45) is 7.72. The Kier molecular flexibility index (Phi) is 5.84. The lowest BCUT2D eigenvalue weighted by atomic mass is 9.94. The number of nitrogens with zero attached hydrogens (tertiary/aromatic N) is 5. The fraction of sp³-hybridized carbons (Fsp3) is 0.824. The Morgan fingerprint density at radius 2 is 2.17 bits per heavy atom. The zero-order valence-electron chi connectivity index (χ0n) is 14.9. The lowest BCUT2D eigenvalue weighted by Crippen LogP contribution is -2.47. The molecule has 1 saturated heterocycles. The molecular weight excluding hydrogens is 306 g/mol. The Labute approximate surface area is 144 Å². The van der Waals surface area contributed by atoms with Gasteiger partial charge >= 0.3 is 0 Å². The van der Waals surface area contributed by atoms with Gasteiger partial charge in [0.25, 0.3) is 0 Å². The molecule has 134 valence electrons. The molecule has 0 N–H and O–H groups in total. The summed E-state index contributed by atoms with van der Waals surface area (Å²) < 4.78 is 7.87. The molecule has 0 aromatic carbocycles. The third-order valence-electron chi connectivity index (χ3n) is 5.30. The number of rotatable bonds is 5. The van der Waals surface area contributed by atoms with Gasteiger partial charge in [-0.25, -0.2) is 0 Å². The normalized spacial score (nSPS) is 23.3. The maximum absolute atomic E-state index is 12.6. The lowest BCUT2D eigenvalue weighted by Gasteiger charge is -2.35. The van der Waals surface area contributed by atoms with Crippen molar-refractivity contribution in [1.29, 1.82) is 0 Å². The average Bonchev–Trinajstić information content (AvgIpc) is 3.11. The van der Waals surface area contributed by atoms with Crippen LogP contribution in [0.2, 0.25) is 0 Å². The molecule has 1 saturated carbocycles. The fourth-order valence-corrected chi connectivity index (χ4v) is 3.73. The Balaban J connectivity index is 1.55. The van der Waals surface area contributed by atoms with E-state index >= 15 is 0 Å². The van der Waals surface area contributed by atoms with Crippen molar-refractivity contribution in [2.45, 2.75) is 57.7 Å². The molecule has 1 amide bonds. The third kappa shape index (κ3) is 3.95. The Morgan fingerprint density at radius 3 is 2.92 bits per heavy atom. The van der Waals surface area contributed by atoms with Crippen LogP contribution in [0.1, 0.15) is 51.0 Å². The largest absolute Gasteiger partial charge is 0.368 e. The monoisotopic (exact) mass is 335 g/mol. The quantitative estimate of drug-likeness (QED) is 0.815. The van der Waals surface area contributed by atoms with Crippen molar-refractivity contribution in [3.05, 3.63) is 12.2 Å². The van der Waals surface area contributed by atoms with Gasteiger partial charge in [-0.05, 0) is 19.8 Å². The van der Waals surface area contributed by atoms with Gasteiger partial charge in [-0.15, -0.1) is 10.2 Å². The second-order valence-corrected chi connectivity index (χ2v) is 6.87. The number of hydrogen-bond donors (Lipinski definition) is 0. The highest BCUT2D eigenvalue weighted by Gasteiger charge is 2.29. The van der Waals surface area contributed by atoms with Crippen molar-refractivity contribution in [2.75, 3.05) is 33.3 Å². The molecule has 2 aliphatic rings. The fourth-order valence-electron chi connectivity index (χ4n) is 3.73. The molecule has 0 unspecified atom stereocenters. The maximum Gasteiger partial charge on any atom is 0.236 e. The molecule has 1 aliphatic heterocycles. The highest BCUT2D eigenvalue weighted by atomic mass is 16.5. The van der Waals surface area contributed by atoms with Gasteiger partial charge in [0.1, 0.15) is 12.4 Å². The number of morpholine rings is 1. The SMILES string of the molecule is CCn1cnnc1[C@@H]1CN(CC(=O)N(C)C2CCCCC2)CCO1.